The van der Waals surface area contributed by atoms with Gasteiger partial charge in [0.25, 0.3) is 0 Å². The molecule has 156 valence electrons. The number of rotatable bonds is 3. The summed E-state index contributed by atoms with van der Waals surface area (Å²) < 4.78 is 50.4. The van der Waals surface area contributed by atoms with Crippen LogP contribution in [0.25, 0.3) is 0 Å². The van der Waals surface area contributed by atoms with Gasteiger partial charge in [-0.15, -0.1) is 0 Å². The Morgan fingerprint density at radius 3 is 2.66 bits per heavy atom. The third-order valence-electron chi connectivity index (χ3n) is 3.74. The van der Waals surface area contributed by atoms with Crippen LogP contribution in [0.1, 0.15) is 32.8 Å². The van der Waals surface area contributed by atoms with Crippen LogP contribution in [0.5, 0.6) is 0 Å². The van der Waals surface area contributed by atoms with Crippen LogP contribution in [0.15, 0.2) is 23.1 Å². The molecule has 2 aliphatic heterocycles. The maximum atomic E-state index is 13.4. The van der Waals surface area contributed by atoms with Gasteiger partial charge in [-0.25, -0.2) is 0 Å². The average molecular weight is 447 g/mol. The number of fused-ring (bicyclic) bond motifs is 1. The van der Waals surface area contributed by atoms with Crippen molar-refractivity contribution >= 4 is 48.2 Å². The SMILES string of the molecule is CC(C)(C)OC(=O)NC(C1=[P+]=C(c2ccc3c(c2)NC(=O)CCS3)O1)C(F)(F)F. The van der Waals surface area contributed by atoms with Crippen molar-refractivity contribution in [3.63, 3.8) is 0 Å². The molecule has 0 spiro atoms. The van der Waals surface area contributed by atoms with E-state index in [-0.39, 0.29) is 19.2 Å². The number of halogens is 3. The van der Waals surface area contributed by atoms with Gasteiger partial charge in [-0.3, -0.25) is 0 Å². The molecule has 2 amide bonds. The summed E-state index contributed by atoms with van der Waals surface area (Å²) in [5.74, 6) is 0.543. The molecule has 0 saturated heterocycles. The van der Waals surface area contributed by atoms with Gasteiger partial charge in [0.1, 0.15) is 0 Å². The van der Waals surface area contributed by atoms with Crippen molar-refractivity contribution in [3.8, 4) is 0 Å². The first kappa shape index (κ1) is 21.9. The molecule has 2 aliphatic rings. The van der Waals surface area contributed by atoms with Crippen LogP contribution in [0.2, 0.25) is 0 Å². The van der Waals surface area contributed by atoms with E-state index in [0.717, 1.165) is 4.90 Å². The summed E-state index contributed by atoms with van der Waals surface area (Å²) in [4.78, 5) is 24.4. The molecule has 1 aromatic carbocycles. The molecule has 29 heavy (non-hydrogen) atoms. The van der Waals surface area contributed by atoms with Gasteiger partial charge in [-0.05, 0) is 0 Å². The molecule has 1 atom stereocenters. The van der Waals surface area contributed by atoms with Gasteiger partial charge < -0.3 is 0 Å². The molecule has 2 N–H and O–H groups in total. The maximum absolute atomic E-state index is 13.4. The van der Waals surface area contributed by atoms with Crippen LogP contribution in [-0.4, -0.2) is 46.5 Å². The molecule has 0 radical (unpaired) electrons. The number of ether oxygens (including phenoxy) is 2. The number of hydrogen-bond donors (Lipinski definition) is 2. The Morgan fingerprint density at radius 2 is 2.03 bits per heavy atom. The van der Waals surface area contributed by atoms with E-state index in [0.29, 0.717) is 28.9 Å². The summed E-state index contributed by atoms with van der Waals surface area (Å²) in [5, 5.41) is 4.60. The Bertz CT molecular complexity index is 921. The summed E-state index contributed by atoms with van der Waals surface area (Å²) in [6, 6.07) is 2.92. The summed E-state index contributed by atoms with van der Waals surface area (Å²) in [6.07, 6.45) is -5.52. The third-order valence-corrected chi connectivity index (χ3v) is 5.93. The number of benzene rings is 1. The van der Waals surface area contributed by atoms with Gasteiger partial charge in [0.05, 0.1) is 0 Å². The Balaban J connectivity index is 1.84. The molecular weight excluding hydrogens is 428 g/mol. The molecule has 11 heteroatoms. The molecule has 3 rings (SSSR count). The van der Waals surface area contributed by atoms with E-state index in [1.807, 2.05) is 5.32 Å². The van der Waals surface area contributed by atoms with Crippen molar-refractivity contribution in [2.75, 3.05) is 11.1 Å². The second kappa shape index (κ2) is 8.16. The van der Waals surface area contributed by atoms with E-state index in [1.165, 1.54) is 11.8 Å². The molecule has 6 nitrogen and oxygen atoms in total. The van der Waals surface area contributed by atoms with Crippen molar-refractivity contribution in [1.29, 1.82) is 0 Å². The van der Waals surface area contributed by atoms with Crippen molar-refractivity contribution < 1.29 is 32.2 Å². The van der Waals surface area contributed by atoms with Crippen molar-refractivity contribution in [1.82, 2.24) is 5.32 Å². The number of thioether (sulfide) groups is 1. The fraction of sp³-hybridized carbons (Fsp3) is 0.444. The standard InChI is InChI=1S/C18H18F3N2O4PS/c1-17(2,3)27-16(25)23-13(18(19,20)21)15-26-14(28-15)9-4-5-11-10(8-9)22-12(24)6-7-29-11/h4-5,8,13H,6-7H2,1-3H3,(H-,22,23,24,25)/p+1. The Morgan fingerprint density at radius 1 is 1.34 bits per heavy atom. The van der Waals surface area contributed by atoms with Gasteiger partial charge in [0, 0.05) is 0 Å². The number of alkyl halides is 3. The molecule has 0 saturated carbocycles. The number of alkyl carbamates (subject to hydrolysis) is 1. The Labute approximate surface area is 170 Å². The summed E-state index contributed by atoms with van der Waals surface area (Å²) >= 11 is 1.53. The molecular formula is C18H19F3N2O4PS+. The van der Waals surface area contributed by atoms with Crippen LogP contribution in [0, 0.1) is 0 Å². The second-order valence-corrected chi connectivity index (χ2v) is 9.54. The van der Waals surface area contributed by atoms with E-state index in [4.69, 9.17) is 9.47 Å². The summed E-state index contributed by atoms with van der Waals surface area (Å²) in [7, 11) is 0.204. The van der Waals surface area contributed by atoms with Gasteiger partial charge in [-0.2, -0.15) is 0 Å². The van der Waals surface area contributed by atoms with E-state index in [1.54, 1.807) is 39.0 Å². The first-order chi connectivity index (χ1) is 13.4. The van der Waals surface area contributed by atoms with Crippen molar-refractivity contribution in [2.45, 2.75) is 49.9 Å². The second-order valence-electron chi connectivity index (χ2n) is 7.34. The minimum atomic E-state index is -4.73. The zero-order valence-electron chi connectivity index (χ0n) is 15.8. The monoisotopic (exact) mass is 447 g/mol. The van der Waals surface area contributed by atoms with Crippen LogP contribution in [-0.2, 0) is 14.3 Å². The Hall–Kier alpha value is -1.77. The van der Waals surface area contributed by atoms with Gasteiger partial charge >= 0.3 is 171 Å². The first-order valence-electron chi connectivity index (χ1n) is 8.69. The van der Waals surface area contributed by atoms with Crippen LogP contribution in [0.3, 0.4) is 0 Å². The van der Waals surface area contributed by atoms with Crippen LogP contribution >= 0.6 is 19.6 Å². The van der Waals surface area contributed by atoms with Crippen molar-refractivity contribution in [2.24, 2.45) is 0 Å². The van der Waals surface area contributed by atoms with E-state index < -0.39 is 23.9 Å². The minimum absolute atomic E-state index is 0.114. The normalized spacial score (nSPS) is 17.9. The van der Waals surface area contributed by atoms with E-state index in [2.05, 4.69) is 5.32 Å². The van der Waals surface area contributed by atoms with Crippen LogP contribution in [0.4, 0.5) is 23.7 Å². The van der Waals surface area contributed by atoms with Gasteiger partial charge in [0.2, 0.25) is 0 Å². The third kappa shape index (κ3) is 5.65. The van der Waals surface area contributed by atoms with Crippen LogP contribution < -0.4 is 10.6 Å². The fourth-order valence-electron chi connectivity index (χ4n) is 2.51. The van der Waals surface area contributed by atoms with Crippen molar-refractivity contribution in [3.05, 3.63) is 23.8 Å². The summed E-state index contributed by atoms with van der Waals surface area (Å²) in [5.41, 5.74) is 0.215. The van der Waals surface area contributed by atoms with E-state index in [9.17, 15) is 22.8 Å². The fourth-order valence-corrected chi connectivity index (χ4v) is 4.41. The molecule has 1 unspecified atom stereocenters. The predicted molar refractivity (Wildman–Crippen MR) is 107 cm³/mol. The Kier molecular flexibility index (Phi) is 6.17. The number of hydrogen-bond acceptors (Lipinski definition) is 5. The first-order valence-corrected chi connectivity index (χ1v) is 10.6. The number of carbonyl (C=O) groups excluding carboxylic acids is 2. The van der Waals surface area contributed by atoms with Gasteiger partial charge in [0.15, 0.2) is 0 Å². The molecule has 1 aromatic rings. The zero-order valence-corrected chi connectivity index (χ0v) is 17.6. The van der Waals surface area contributed by atoms with Gasteiger partial charge in [-0.1, -0.05) is 0 Å². The zero-order chi connectivity index (χ0) is 21.4. The molecule has 0 aromatic heterocycles. The average Bonchev–Trinajstić information content (AvgIpc) is 2.70. The topological polar surface area (TPSA) is 76.7 Å². The number of amides is 2. The number of carbonyl (C=O) groups is 2. The number of anilines is 1. The molecule has 0 bridgehead atoms. The molecule has 0 fully saturated rings. The molecule has 0 aliphatic carbocycles. The summed E-state index contributed by atoms with van der Waals surface area (Å²) in [6.45, 7) is 4.67. The predicted octanol–water partition coefficient (Wildman–Crippen LogP) is 4.16. The molecule has 2 heterocycles. The quantitative estimate of drug-likeness (QED) is 0.681. The van der Waals surface area contributed by atoms with E-state index >= 15 is 0 Å². The number of nitrogens with one attached hydrogen (secondary N) is 2.